The third kappa shape index (κ3) is 3.38. The smallest absolute Gasteiger partial charge is 0.410 e. The minimum absolute atomic E-state index is 0.0561. The van der Waals surface area contributed by atoms with E-state index in [0.29, 0.717) is 6.61 Å². The molecule has 16 heavy (non-hydrogen) atoms. The first kappa shape index (κ1) is 12.8. The number of nitriles is 1. The Balaban J connectivity index is 2.63. The lowest BCUT2D eigenvalue weighted by molar-refractivity contribution is -0.0473. The fraction of sp³-hybridized carbons (Fsp3) is 0.818. The van der Waals surface area contributed by atoms with Crippen molar-refractivity contribution < 1.29 is 14.3 Å². The zero-order valence-corrected chi connectivity index (χ0v) is 10.2. The van der Waals surface area contributed by atoms with E-state index in [9.17, 15) is 4.79 Å². The van der Waals surface area contributed by atoms with Crippen LogP contribution in [-0.4, -0.2) is 41.9 Å². The van der Waals surface area contributed by atoms with E-state index in [-0.39, 0.29) is 18.7 Å². The molecule has 5 nitrogen and oxygen atoms in total. The highest BCUT2D eigenvalue weighted by atomic mass is 16.6. The Bertz CT molecular complexity index is 303. The lowest BCUT2D eigenvalue weighted by atomic mass is 10.2. The van der Waals surface area contributed by atoms with Gasteiger partial charge in [-0.25, -0.2) is 4.79 Å². The van der Waals surface area contributed by atoms with Crippen LogP contribution in [0.3, 0.4) is 0 Å². The summed E-state index contributed by atoms with van der Waals surface area (Å²) in [5, 5.41) is 8.76. The van der Waals surface area contributed by atoms with Crippen molar-refractivity contribution in [1.29, 1.82) is 5.26 Å². The molecule has 1 amide bonds. The number of carbonyl (C=O) groups is 1. The van der Waals surface area contributed by atoms with Gasteiger partial charge in [-0.05, 0) is 27.7 Å². The Labute approximate surface area is 95.9 Å². The quantitative estimate of drug-likeness (QED) is 0.628. The van der Waals surface area contributed by atoms with Crippen LogP contribution in [0.5, 0.6) is 0 Å². The second-order valence-corrected chi connectivity index (χ2v) is 4.93. The van der Waals surface area contributed by atoms with Crippen molar-refractivity contribution in [3.8, 4) is 6.07 Å². The van der Waals surface area contributed by atoms with Crippen LogP contribution >= 0.6 is 0 Å². The van der Waals surface area contributed by atoms with Crippen LogP contribution in [0.4, 0.5) is 4.79 Å². The second-order valence-electron chi connectivity index (χ2n) is 4.93. The summed E-state index contributed by atoms with van der Waals surface area (Å²) in [5.74, 6) is 0. The average molecular weight is 226 g/mol. The number of morpholine rings is 1. The van der Waals surface area contributed by atoms with Crippen LogP contribution in [0.2, 0.25) is 0 Å². The summed E-state index contributed by atoms with van der Waals surface area (Å²) < 4.78 is 10.5. The normalized spacial score (nSPS) is 26.1. The predicted molar refractivity (Wildman–Crippen MR) is 57.8 cm³/mol. The van der Waals surface area contributed by atoms with Gasteiger partial charge >= 0.3 is 6.09 Å². The molecular formula is C11H18N2O3. The Morgan fingerprint density at radius 3 is 2.69 bits per heavy atom. The van der Waals surface area contributed by atoms with E-state index in [0.717, 1.165) is 0 Å². The Morgan fingerprint density at radius 1 is 1.56 bits per heavy atom. The summed E-state index contributed by atoms with van der Waals surface area (Å²) in [6, 6.07) is 1.94. The van der Waals surface area contributed by atoms with Crippen molar-refractivity contribution in [2.45, 2.75) is 45.4 Å². The zero-order chi connectivity index (χ0) is 12.3. The third-order valence-corrected chi connectivity index (χ3v) is 2.21. The summed E-state index contributed by atoms with van der Waals surface area (Å²) in [7, 11) is 0. The molecule has 1 rings (SSSR count). The molecule has 0 aromatic carbocycles. The maximum atomic E-state index is 11.8. The van der Waals surface area contributed by atoms with Gasteiger partial charge in [0.1, 0.15) is 5.60 Å². The molecule has 1 fully saturated rings. The van der Waals surface area contributed by atoms with Crippen LogP contribution in [0.15, 0.2) is 0 Å². The van der Waals surface area contributed by atoms with Gasteiger partial charge < -0.3 is 9.47 Å². The lowest BCUT2D eigenvalue weighted by Gasteiger charge is -2.36. The number of nitrogens with zero attached hydrogens (tertiary/aromatic N) is 2. The summed E-state index contributed by atoms with van der Waals surface area (Å²) in [6.45, 7) is 7.97. The predicted octanol–water partition coefficient (Wildman–Crippen LogP) is 1.53. The number of rotatable bonds is 0. The summed E-state index contributed by atoms with van der Waals surface area (Å²) in [6.07, 6.45) is -0.938. The zero-order valence-electron chi connectivity index (χ0n) is 10.2. The van der Waals surface area contributed by atoms with Gasteiger partial charge in [-0.2, -0.15) is 5.26 Å². The first-order valence-corrected chi connectivity index (χ1v) is 5.34. The topological polar surface area (TPSA) is 62.6 Å². The Hall–Kier alpha value is -1.28. The molecule has 0 aromatic rings. The van der Waals surface area contributed by atoms with Crippen LogP contribution in [-0.2, 0) is 9.47 Å². The fourth-order valence-electron chi connectivity index (χ4n) is 1.41. The van der Waals surface area contributed by atoms with E-state index in [2.05, 4.69) is 0 Å². The van der Waals surface area contributed by atoms with Gasteiger partial charge in [-0.15, -0.1) is 0 Å². The number of hydrogen-bond acceptors (Lipinski definition) is 4. The SMILES string of the molecule is CC1CO[C@@H](C#N)CN1C(=O)OC(C)(C)C. The van der Waals surface area contributed by atoms with E-state index < -0.39 is 11.7 Å². The first-order valence-electron chi connectivity index (χ1n) is 5.34. The molecule has 2 atom stereocenters. The highest BCUT2D eigenvalue weighted by Gasteiger charge is 2.32. The third-order valence-electron chi connectivity index (χ3n) is 2.21. The van der Waals surface area contributed by atoms with Crippen molar-refractivity contribution in [3.05, 3.63) is 0 Å². The summed E-state index contributed by atoms with van der Waals surface area (Å²) in [5.41, 5.74) is -0.517. The molecule has 1 saturated heterocycles. The highest BCUT2D eigenvalue weighted by molar-refractivity contribution is 5.68. The van der Waals surface area contributed by atoms with Crippen molar-refractivity contribution >= 4 is 6.09 Å². The number of carbonyl (C=O) groups excluding carboxylic acids is 1. The van der Waals surface area contributed by atoms with Gasteiger partial charge in [0, 0.05) is 0 Å². The molecule has 1 aliphatic rings. The molecule has 1 heterocycles. The molecule has 0 aromatic heterocycles. The van der Waals surface area contributed by atoms with Gasteiger partial charge in [0.25, 0.3) is 0 Å². The average Bonchev–Trinajstić information content (AvgIpc) is 2.15. The van der Waals surface area contributed by atoms with Gasteiger partial charge in [0.15, 0.2) is 6.10 Å². The monoisotopic (exact) mass is 226 g/mol. The van der Waals surface area contributed by atoms with Gasteiger partial charge in [0.2, 0.25) is 0 Å². The Morgan fingerprint density at radius 2 is 2.19 bits per heavy atom. The summed E-state index contributed by atoms with van der Waals surface area (Å²) in [4.78, 5) is 13.4. The lowest BCUT2D eigenvalue weighted by Crippen LogP contribution is -2.52. The first-order chi connectivity index (χ1) is 7.33. The molecule has 0 radical (unpaired) electrons. The summed E-state index contributed by atoms with van der Waals surface area (Å²) >= 11 is 0. The van der Waals surface area contributed by atoms with Crippen molar-refractivity contribution in [1.82, 2.24) is 4.90 Å². The maximum absolute atomic E-state index is 11.8. The molecular weight excluding hydrogens is 208 g/mol. The molecule has 0 saturated carbocycles. The molecule has 1 aliphatic heterocycles. The van der Waals surface area contributed by atoms with E-state index in [1.54, 1.807) is 4.90 Å². The van der Waals surface area contributed by atoms with Crippen molar-refractivity contribution in [2.24, 2.45) is 0 Å². The van der Waals surface area contributed by atoms with Crippen molar-refractivity contribution in [2.75, 3.05) is 13.2 Å². The molecule has 5 heteroatoms. The second kappa shape index (κ2) is 4.71. The fourth-order valence-corrected chi connectivity index (χ4v) is 1.41. The number of ether oxygens (including phenoxy) is 2. The minimum Gasteiger partial charge on any atom is -0.444 e. The molecule has 0 aliphatic carbocycles. The molecule has 90 valence electrons. The molecule has 0 bridgehead atoms. The van der Waals surface area contributed by atoms with E-state index in [1.165, 1.54) is 0 Å². The number of hydrogen-bond donors (Lipinski definition) is 0. The number of amides is 1. The van der Waals surface area contributed by atoms with Crippen LogP contribution in [0.1, 0.15) is 27.7 Å². The van der Waals surface area contributed by atoms with E-state index >= 15 is 0 Å². The van der Waals surface area contributed by atoms with Crippen molar-refractivity contribution in [3.63, 3.8) is 0 Å². The van der Waals surface area contributed by atoms with Crippen LogP contribution in [0.25, 0.3) is 0 Å². The largest absolute Gasteiger partial charge is 0.444 e. The molecule has 1 unspecified atom stereocenters. The Kier molecular flexibility index (Phi) is 3.76. The molecule has 0 N–H and O–H groups in total. The molecule has 0 spiro atoms. The van der Waals surface area contributed by atoms with E-state index in [1.807, 2.05) is 33.8 Å². The van der Waals surface area contributed by atoms with Crippen LogP contribution in [0, 0.1) is 11.3 Å². The highest BCUT2D eigenvalue weighted by Crippen LogP contribution is 2.16. The maximum Gasteiger partial charge on any atom is 0.410 e. The van der Waals surface area contributed by atoms with Gasteiger partial charge in [0.05, 0.1) is 25.3 Å². The van der Waals surface area contributed by atoms with Gasteiger partial charge in [-0.3, -0.25) is 4.90 Å². The van der Waals surface area contributed by atoms with E-state index in [4.69, 9.17) is 14.7 Å². The van der Waals surface area contributed by atoms with Gasteiger partial charge in [-0.1, -0.05) is 0 Å². The standard InChI is InChI=1S/C11H18N2O3/c1-8-7-15-9(5-12)6-13(8)10(14)16-11(2,3)4/h8-9H,6-7H2,1-4H3/t8?,9-/m0/s1. The minimum atomic E-state index is -0.552. The van der Waals surface area contributed by atoms with Crippen LogP contribution < -0.4 is 0 Å².